The van der Waals surface area contributed by atoms with E-state index in [4.69, 9.17) is 5.73 Å². The van der Waals surface area contributed by atoms with Crippen LogP contribution in [0.15, 0.2) is 12.2 Å². The fourth-order valence-corrected chi connectivity index (χ4v) is 1.55. The Hall–Kier alpha value is 0.0500. The lowest BCUT2D eigenvalue weighted by Gasteiger charge is -2.03. The molecule has 0 saturated heterocycles. The van der Waals surface area contributed by atoms with Crippen molar-refractivity contribution in [1.82, 2.24) is 0 Å². The van der Waals surface area contributed by atoms with Gasteiger partial charge < -0.3 is 5.73 Å². The SMILES string of the molecule is C=C(C)CCSCC(C)N. The molecule has 2 N–H and O–H groups in total. The second kappa shape index (κ2) is 5.81. The van der Waals surface area contributed by atoms with Crippen LogP contribution in [-0.4, -0.2) is 17.5 Å². The largest absolute Gasteiger partial charge is 0.327 e. The van der Waals surface area contributed by atoms with Gasteiger partial charge in [-0.2, -0.15) is 11.8 Å². The van der Waals surface area contributed by atoms with Crippen LogP contribution in [0.1, 0.15) is 20.3 Å². The highest BCUT2D eigenvalue weighted by molar-refractivity contribution is 7.99. The molecule has 0 saturated carbocycles. The van der Waals surface area contributed by atoms with Crippen LogP contribution in [0.2, 0.25) is 0 Å². The summed E-state index contributed by atoms with van der Waals surface area (Å²) in [6.07, 6.45) is 1.12. The maximum absolute atomic E-state index is 5.57. The van der Waals surface area contributed by atoms with Crippen LogP contribution in [0, 0.1) is 0 Å². The van der Waals surface area contributed by atoms with Crippen molar-refractivity contribution < 1.29 is 0 Å². The number of rotatable bonds is 5. The summed E-state index contributed by atoms with van der Waals surface area (Å²) in [7, 11) is 0. The maximum atomic E-state index is 5.57. The van der Waals surface area contributed by atoms with Crippen molar-refractivity contribution in [3.05, 3.63) is 12.2 Å². The Morgan fingerprint density at radius 3 is 2.70 bits per heavy atom. The zero-order valence-electron chi connectivity index (χ0n) is 6.89. The maximum Gasteiger partial charge on any atom is 0.0101 e. The minimum Gasteiger partial charge on any atom is -0.327 e. The monoisotopic (exact) mass is 159 g/mol. The van der Waals surface area contributed by atoms with E-state index in [-0.39, 0.29) is 0 Å². The van der Waals surface area contributed by atoms with Crippen molar-refractivity contribution in [2.45, 2.75) is 26.3 Å². The number of hydrogen-bond acceptors (Lipinski definition) is 2. The molecule has 0 spiro atoms. The van der Waals surface area contributed by atoms with Crippen molar-refractivity contribution in [3.8, 4) is 0 Å². The van der Waals surface area contributed by atoms with Gasteiger partial charge in [0, 0.05) is 11.8 Å². The quantitative estimate of drug-likeness (QED) is 0.490. The topological polar surface area (TPSA) is 26.0 Å². The summed E-state index contributed by atoms with van der Waals surface area (Å²) in [6.45, 7) is 7.92. The van der Waals surface area contributed by atoms with Gasteiger partial charge in [0.05, 0.1) is 0 Å². The fourth-order valence-electron chi connectivity index (χ4n) is 0.516. The predicted octanol–water partition coefficient (Wildman–Crippen LogP) is 2.03. The van der Waals surface area contributed by atoms with E-state index in [9.17, 15) is 0 Å². The second-order valence-electron chi connectivity index (χ2n) is 2.76. The molecule has 0 radical (unpaired) electrons. The molecule has 0 aliphatic heterocycles. The van der Waals surface area contributed by atoms with E-state index in [1.807, 2.05) is 18.7 Å². The van der Waals surface area contributed by atoms with Gasteiger partial charge in [-0.05, 0) is 26.0 Å². The van der Waals surface area contributed by atoms with Gasteiger partial charge in [-0.1, -0.05) is 5.57 Å². The molecule has 1 nitrogen and oxygen atoms in total. The Balaban J connectivity index is 2.98. The summed E-state index contributed by atoms with van der Waals surface area (Å²) in [5.41, 5.74) is 6.83. The summed E-state index contributed by atoms with van der Waals surface area (Å²) < 4.78 is 0. The second-order valence-corrected chi connectivity index (χ2v) is 3.91. The van der Waals surface area contributed by atoms with Crippen molar-refractivity contribution in [1.29, 1.82) is 0 Å². The third kappa shape index (κ3) is 8.05. The first-order chi connectivity index (χ1) is 4.63. The number of hydrogen-bond donors (Lipinski definition) is 1. The molecule has 0 aliphatic rings. The first-order valence-electron chi connectivity index (χ1n) is 3.60. The van der Waals surface area contributed by atoms with E-state index in [0.29, 0.717) is 6.04 Å². The van der Waals surface area contributed by atoms with Gasteiger partial charge in [-0.25, -0.2) is 0 Å². The zero-order valence-corrected chi connectivity index (χ0v) is 7.71. The number of thioether (sulfide) groups is 1. The number of nitrogens with two attached hydrogens (primary N) is 1. The van der Waals surface area contributed by atoms with Crippen molar-refractivity contribution in [3.63, 3.8) is 0 Å². The molecule has 0 bridgehead atoms. The summed E-state index contributed by atoms with van der Waals surface area (Å²) in [6, 6.07) is 0.329. The minimum atomic E-state index is 0.329. The van der Waals surface area contributed by atoms with Gasteiger partial charge in [0.1, 0.15) is 0 Å². The Morgan fingerprint density at radius 1 is 1.70 bits per heavy atom. The highest BCUT2D eigenvalue weighted by Gasteiger charge is 1.93. The van der Waals surface area contributed by atoms with E-state index in [1.54, 1.807) is 0 Å². The molecule has 0 aromatic carbocycles. The van der Waals surface area contributed by atoms with Crippen LogP contribution >= 0.6 is 11.8 Å². The smallest absolute Gasteiger partial charge is 0.0101 e. The molecule has 0 heterocycles. The molecule has 10 heavy (non-hydrogen) atoms. The highest BCUT2D eigenvalue weighted by atomic mass is 32.2. The summed E-state index contributed by atoms with van der Waals surface area (Å²) >= 11 is 1.90. The Bertz CT molecular complexity index is 99.4. The average molecular weight is 159 g/mol. The van der Waals surface area contributed by atoms with Crippen LogP contribution < -0.4 is 5.73 Å². The summed E-state index contributed by atoms with van der Waals surface area (Å²) in [4.78, 5) is 0. The van der Waals surface area contributed by atoms with Gasteiger partial charge in [0.2, 0.25) is 0 Å². The molecule has 0 amide bonds. The summed E-state index contributed by atoms with van der Waals surface area (Å²) in [5, 5.41) is 0. The zero-order chi connectivity index (χ0) is 7.98. The molecular weight excluding hydrogens is 142 g/mol. The Kier molecular flexibility index (Phi) is 5.84. The van der Waals surface area contributed by atoms with Gasteiger partial charge in [-0.3, -0.25) is 0 Å². The molecular formula is C8H17NS. The Labute approximate surface area is 68.1 Å². The van der Waals surface area contributed by atoms with Crippen molar-refractivity contribution in [2.24, 2.45) is 5.73 Å². The predicted molar refractivity (Wildman–Crippen MR) is 50.4 cm³/mol. The number of allylic oxidation sites excluding steroid dienone is 1. The van der Waals surface area contributed by atoms with Crippen LogP contribution in [0.5, 0.6) is 0 Å². The molecule has 0 aromatic heterocycles. The Morgan fingerprint density at radius 2 is 2.30 bits per heavy atom. The van der Waals surface area contributed by atoms with Gasteiger partial charge >= 0.3 is 0 Å². The van der Waals surface area contributed by atoms with Gasteiger partial charge in [0.15, 0.2) is 0 Å². The lowest BCUT2D eigenvalue weighted by Crippen LogP contribution is -2.17. The van der Waals surface area contributed by atoms with E-state index in [0.717, 1.165) is 17.9 Å². The van der Waals surface area contributed by atoms with Crippen LogP contribution in [0.25, 0.3) is 0 Å². The lowest BCUT2D eigenvalue weighted by atomic mass is 10.3. The van der Waals surface area contributed by atoms with Crippen molar-refractivity contribution >= 4 is 11.8 Å². The molecule has 1 atom stereocenters. The third-order valence-electron chi connectivity index (χ3n) is 1.05. The fraction of sp³-hybridized carbons (Fsp3) is 0.750. The first kappa shape index (κ1) is 10.0. The van der Waals surface area contributed by atoms with E-state index < -0.39 is 0 Å². The van der Waals surface area contributed by atoms with Crippen LogP contribution in [-0.2, 0) is 0 Å². The average Bonchev–Trinajstić information content (AvgIpc) is 1.79. The normalized spacial score (nSPS) is 13.1. The van der Waals surface area contributed by atoms with Gasteiger partial charge in [0.25, 0.3) is 0 Å². The standard InChI is InChI=1S/C8H17NS/c1-7(2)4-5-10-6-8(3)9/h8H,1,4-6,9H2,2-3H3. The molecule has 2 heteroatoms. The van der Waals surface area contributed by atoms with Crippen LogP contribution in [0.4, 0.5) is 0 Å². The summed E-state index contributed by atoms with van der Waals surface area (Å²) in [5.74, 6) is 2.23. The van der Waals surface area contributed by atoms with Gasteiger partial charge in [-0.15, -0.1) is 6.58 Å². The lowest BCUT2D eigenvalue weighted by molar-refractivity contribution is 0.846. The van der Waals surface area contributed by atoms with E-state index >= 15 is 0 Å². The molecule has 0 aromatic rings. The highest BCUT2D eigenvalue weighted by Crippen LogP contribution is 2.07. The van der Waals surface area contributed by atoms with E-state index in [2.05, 4.69) is 13.5 Å². The third-order valence-corrected chi connectivity index (χ3v) is 2.31. The first-order valence-corrected chi connectivity index (χ1v) is 4.76. The molecule has 1 unspecified atom stereocenters. The minimum absolute atomic E-state index is 0.329. The molecule has 60 valence electrons. The van der Waals surface area contributed by atoms with Crippen molar-refractivity contribution in [2.75, 3.05) is 11.5 Å². The molecule has 0 fully saturated rings. The van der Waals surface area contributed by atoms with Crippen LogP contribution in [0.3, 0.4) is 0 Å². The molecule has 0 aliphatic carbocycles. The van der Waals surface area contributed by atoms with E-state index in [1.165, 1.54) is 5.57 Å². The molecule has 0 rings (SSSR count).